The van der Waals surface area contributed by atoms with Crippen molar-refractivity contribution in [2.75, 3.05) is 11.1 Å². The van der Waals surface area contributed by atoms with Gasteiger partial charge in [0.15, 0.2) is 0 Å². The molecule has 1 amide bonds. The number of rotatable bonds is 8. The van der Waals surface area contributed by atoms with Gasteiger partial charge < -0.3 is 11.1 Å². The van der Waals surface area contributed by atoms with Gasteiger partial charge in [-0.05, 0) is 64.6 Å². The number of nitrogens with one attached hydrogen (secondary N) is 1. The first-order valence-corrected chi connectivity index (χ1v) is 11.2. The molecule has 2 aromatic carbocycles. The summed E-state index contributed by atoms with van der Waals surface area (Å²) in [5, 5.41) is 15.4. The van der Waals surface area contributed by atoms with Crippen molar-refractivity contribution in [2.24, 2.45) is 0 Å². The summed E-state index contributed by atoms with van der Waals surface area (Å²) in [6, 6.07) is 16.1. The van der Waals surface area contributed by atoms with Gasteiger partial charge in [-0.2, -0.15) is 11.3 Å². The van der Waals surface area contributed by atoms with E-state index in [1.165, 1.54) is 11.1 Å². The number of nitrogen functional groups attached to an aromatic ring is 1. The third kappa shape index (κ3) is 5.38. The molecule has 31 heavy (non-hydrogen) atoms. The number of benzene rings is 2. The number of nitrogens with zero attached hydrogens (tertiary/aromatic N) is 3. The van der Waals surface area contributed by atoms with Crippen molar-refractivity contribution in [3.8, 4) is 11.1 Å². The smallest absolute Gasteiger partial charge is 0.224 e. The van der Waals surface area contributed by atoms with Gasteiger partial charge in [-0.3, -0.25) is 9.48 Å². The molecule has 7 heteroatoms. The number of hydrogen-bond donors (Lipinski definition) is 2. The Balaban J connectivity index is 1.30. The van der Waals surface area contributed by atoms with Crippen molar-refractivity contribution in [1.29, 1.82) is 0 Å². The molecular weight excluding hydrogens is 406 g/mol. The lowest BCUT2D eigenvalue weighted by Gasteiger charge is -2.10. The second-order valence-corrected chi connectivity index (χ2v) is 8.29. The van der Waals surface area contributed by atoms with E-state index in [-0.39, 0.29) is 5.91 Å². The van der Waals surface area contributed by atoms with E-state index in [0.717, 1.165) is 29.8 Å². The van der Waals surface area contributed by atoms with E-state index in [9.17, 15) is 4.79 Å². The van der Waals surface area contributed by atoms with Crippen molar-refractivity contribution in [3.05, 3.63) is 82.3 Å². The summed E-state index contributed by atoms with van der Waals surface area (Å²) in [4.78, 5) is 12.5. The minimum atomic E-state index is -0.0939. The van der Waals surface area contributed by atoms with Gasteiger partial charge in [0.05, 0.1) is 17.1 Å². The fraction of sp³-hybridized carbons (Fsp3) is 0.208. The van der Waals surface area contributed by atoms with Crippen LogP contribution in [0.5, 0.6) is 0 Å². The lowest BCUT2D eigenvalue weighted by atomic mass is 10.1. The molecule has 0 atom stereocenters. The minimum absolute atomic E-state index is 0.0939. The zero-order valence-electron chi connectivity index (χ0n) is 17.4. The Morgan fingerprint density at radius 1 is 1.13 bits per heavy atom. The average Bonchev–Trinajstić information content (AvgIpc) is 3.46. The quantitative estimate of drug-likeness (QED) is 0.396. The molecule has 0 aliphatic rings. The largest absolute Gasteiger partial charge is 0.397 e. The molecule has 2 heterocycles. The fourth-order valence-electron chi connectivity index (χ4n) is 3.42. The molecular formula is C24H25N5OS. The number of aromatic nitrogens is 3. The Morgan fingerprint density at radius 3 is 2.81 bits per heavy atom. The summed E-state index contributed by atoms with van der Waals surface area (Å²) in [6.07, 6.45) is 3.66. The van der Waals surface area contributed by atoms with E-state index in [1.807, 2.05) is 46.6 Å². The van der Waals surface area contributed by atoms with Crippen LogP contribution in [0.25, 0.3) is 11.1 Å². The molecule has 0 bridgehead atoms. The minimum Gasteiger partial charge on any atom is -0.397 e. The second kappa shape index (κ2) is 9.57. The van der Waals surface area contributed by atoms with Crippen LogP contribution in [0.1, 0.15) is 23.2 Å². The molecule has 0 saturated carbocycles. The third-order valence-electron chi connectivity index (χ3n) is 5.25. The molecule has 3 N–H and O–H groups in total. The first kappa shape index (κ1) is 20.8. The van der Waals surface area contributed by atoms with Crippen LogP contribution in [-0.2, 0) is 24.2 Å². The van der Waals surface area contributed by atoms with Crippen molar-refractivity contribution < 1.29 is 4.79 Å². The maximum atomic E-state index is 12.5. The number of amides is 1. The summed E-state index contributed by atoms with van der Waals surface area (Å²) in [5.74, 6) is -0.0939. The highest BCUT2D eigenvalue weighted by molar-refractivity contribution is 7.08. The van der Waals surface area contributed by atoms with E-state index < -0.39 is 0 Å². The third-order valence-corrected chi connectivity index (χ3v) is 5.93. The monoisotopic (exact) mass is 431 g/mol. The van der Waals surface area contributed by atoms with Crippen LogP contribution in [0.3, 0.4) is 0 Å². The molecule has 0 spiro atoms. The molecule has 6 nitrogen and oxygen atoms in total. The van der Waals surface area contributed by atoms with Gasteiger partial charge >= 0.3 is 0 Å². The molecule has 4 rings (SSSR count). The van der Waals surface area contributed by atoms with Gasteiger partial charge in [0, 0.05) is 25.6 Å². The van der Waals surface area contributed by atoms with E-state index in [4.69, 9.17) is 5.73 Å². The van der Waals surface area contributed by atoms with E-state index in [2.05, 4.69) is 46.1 Å². The van der Waals surface area contributed by atoms with E-state index >= 15 is 0 Å². The van der Waals surface area contributed by atoms with Crippen molar-refractivity contribution in [2.45, 2.75) is 32.7 Å². The van der Waals surface area contributed by atoms with Gasteiger partial charge in [-0.15, -0.1) is 5.10 Å². The number of carbonyl (C=O) groups excluding carboxylic acids is 1. The maximum absolute atomic E-state index is 12.5. The Morgan fingerprint density at radius 2 is 2.00 bits per heavy atom. The lowest BCUT2D eigenvalue weighted by Crippen LogP contribution is -2.13. The van der Waals surface area contributed by atoms with Crippen molar-refractivity contribution in [3.63, 3.8) is 0 Å². The summed E-state index contributed by atoms with van der Waals surface area (Å²) in [7, 11) is 0. The van der Waals surface area contributed by atoms with Gasteiger partial charge in [0.2, 0.25) is 5.91 Å². The summed E-state index contributed by atoms with van der Waals surface area (Å²) < 4.78 is 1.84. The van der Waals surface area contributed by atoms with E-state index in [1.54, 1.807) is 11.3 Å². The summed E-state index contributed by atoms with van der Waals surface area (Å²) in [5.41, 5.74) is 12.8. The zero-order chi connectivity index (χ0) is 21.6. The second-order valence-electron chi connectivity index (χ2n) is 7.51. The Labute approximate surface area is 185 Å². The molecule has 0 unspecified atom stereocenters. The fourth-order valence-corrected chi connectivity index (χ4v) is 4.08. The van der Waals surface area contributed by atoms with Gasteiger partial charge in [0.25, 0.3) is 0 Å². The SMILES string of the molecule is Cc1ccccc1CCn1cc(CCC(=O)Nc2cc(-c3ccsc3)ccc2N)nn1. The normalized spacial score (nSPS) is 10.9. The lowest BCUT2D eigenvalue weighted by molar-refractivity contribution is -0.116. The Bertz CT molecular complexity index is 1170. The topological polar surface area (TPSA) is 85.8 Å². The predicted molar refractivity (Wildman–Crippen MR) is 126 cm³/mol. The number of hydrogen-bond acceptors (Lipinski definition) is 5. The van der Waals surface area contributed by atoms with Gasteiger partial charge in [0.1, 0.15) is 0 Å². The first-order valence-electron chi connectivity index (χ1n) is 10.2. The Hall–Kier alpha value is -3.45. The van der Waals surface area contributed by atoms with Crippen LogP contribution < -0.4 is 11.1 Å². The molecule has 0 fully saturated rings. The first-order chi connectivity index (χ1) is 15.1. The van der Waals surface area contributed by atoms with Gasteiger partial charge in [-0.25, -0.2) is 0 Å². The molecule has 0 aliphatic carbocycles. The van der Waals surface area contributed by atoms with Crippen LogP contribution in [-0.4, -0.2) is 20.9 Å². The van der Waals surface area contributed by atoms with Crippen molar-refractivity contribution >= 4 is 28.6 Å². The highest BCUT2D eigenvalue weighted by atomic mass is 32.1. The maximum Gasteiger partial charge on any atom is 0.224 e. The number of thiophene rings is 1. The highest BCUT2D eigenvalue weighted by Gasteiger charge is 2.10. The molecule has 4 aromatic rings. The van der Waals surface area contributed by atoms with Crippen LogP contribution >= 0.6 is 11.3 Å². The number of nitrogens with two attached hydrogens (primary N) is 1. The zero-order valence-corrected chi connectivity index (χ0v) is 18.2. The molecule has 158 valence electrons. The molecule has 0 radical (unpaired) electrons. The number of carbonyl (C=O) groups is 1. The van der Waals surface area contributed by atoms with Crippen LogP contribution in [0, 0.1) is 6.92 Å². The Kier molecular flexibility index (Phi) is 6.43. The standard InChI is InChI=1S/C24H25N5OS/c1-17-4-2-3-5-18(17)10-12-29-15-21(27-28-29)7-9-24(30)26-23-14-19(6-8-22(23)25)20-11-13-31-16-20/h2-6,8,11,13-16H,7,9-10,12,25H2,1H3,(H,26,30). The summed E-state index contributed by atoms with van der Waals surface area (Å²) >= 11 is 1.64. The number of aryl methyl sites for hydroxylation is 4. The average molecular weight is 432 g/mol. The number of anilines is 2. The van der Waals surface area contributed by atoms with Crippen LogP contribution in [0.2, 0.25) is 0 Å². The predicted octanol–water partition coefficient (Wildman–Crippen LogP) is 4.71. The van der Waals surface area contributed by atoms with Crippen LogP contribution in [0.4, 0.5) is 11.4 Å². The highest BCUT2D eigenvalue weighted by Crippen LogP contribution is 2.28. The van der Waals surface area contributed by atoms with Gasteiger partial charge in [-0.1, -0.05) is 35.5 Å². The summed E-state index contributed by atoms with van der Waals surface area (Å²) in [6.45, 7) is 2.87. The van der Waals surface area contributed by atoms with Crippen LogP contribution in [0.15, 0.2) is 65.5 Å². The van der Waals surface area contributed by atoms with E-state index in [0.29, 0.717) is 24.2 Å². The molecule has 0 aliphatic heterocycles. The molecule has 0 saturated heterocycles. The molecule has 2 aromatic heterocycles. The van der Waals surface area contributed by atoms with Crippen molar-refractivity contribution in [1.82, 2.24) is 15.0 Å².